The van der Waals surface area contributed by atoms with Crippen LogP contribution in [0.1, 0.15) is 79.6 Å². The van der Waals surface area contributed by atoms with Gasteiger partial charge in [0.2, 0.25) is 0 Å². The highest BCUT2D eigenvalue weighted by Crippen LogP contribution is 2.40. The van der Waals surface area contributed by atoms with Crippen molar-refractivity contribution >= 4 is 69.9 Å². The fourth-order valence-electron chi connectivity index (χ4n) is 8.41. The number of benzene rings is 3. The van der Waals surface area contributed by atoms with E-state index in [4.69, 9.17) is 11.6 Å². The van der Waals surface area contributed by atoms with Crippen LogP contribution in [0.3, 0.4) is 0 Å². The first kappa shape index (κ1) is 39.6. The zero-order chi connectivity index (χ0) is 41.5. The fraction of sp³-hybridized carbons (Fsp3) is 0.261. The van der Waals surface area contributed by atoms with Crippen LogP contribution < -0.4 is 16.0 Å². The Labute approximate surface area is 346 Å². The van der Waals surface area contributed by atoms with E-state index < -0.39 is 0 Å². The molecule has 0 spiro atoms. The van der Waals surface area contributed by atoms with Crippen molar-refractivity contribution < 1.29 is 23.6 Å². The van der Waals surface area contributed by atoms with E-state index in [0.29, 0.717) is 62.8 Å². The first-order chi connectivity index (χ1) is 28.4. The van der Waals surface area contributed by atoms with E-state index in [9.17, 15) is 23.6 Å². The Morgan fingerprint density at radius 2 is 1.46 bits per heavy atom. The van der Waals surface area contributed by atoms with Gasteiger partial charge in [-0.05, 0) is 92.2 Å². The summed E-state index contributed by atoms with van der Waals surface area (Å²) in [5.41, 5.74) is 12.1. The number of H-pyrrole nitrogens is 2. The van der Waals surface area contributed by atoms with Crippen molar-refractivity contribution in [3.8, 4) is 11.1 Å². The zero-order valence-corrected chi connectivity index (χ0v) is 34.1. The van der Waals surface area contributed by atoms with Crippen molar-refractivity contribution in [1.29, 1.82) is 0 Å². The van der Waals surface area contributed by atoms with Crippen LogP contribution in [0, 0.1) is 19.7 Å². The Morgan fingerprint density at radius 1 is 0.763 bits per heavy atom. The number of hydrogen-bond donors (Lipinski definition) is 5. The van der Waals surface area contributed by atoms with Crippen LogP contribution >= 0.6 is 11.6 Å². The molecule has 4 aliphatic rings. The smallest absolute Gasteiger partial charge is 0.256 e. The summed E-state index contributed by atoms with van der Waals surface area (Å²) < 4.78 is 13.5. The van der Waals surface area contributed by atoms with Crippen LogP contribution in [0.5, 0.6) is 0 Å². The van der Waals surface area contributed by atoms with Crippen LogP contribution in [0.25, 0.3) is 34.4 Å². The number of aryl methyl sites for hydroxylation is 1. The average Bonchev–Trinajstić information content (AvgIpc) is 3.94. The van der Waals surface area contributed by atoms with E-state index >= 15 is 0 Å². The summed E-state index contributed by atoms with van der Waals surface area (Å²) in [6, 6.07) is 17.0. The molecular weight excluding hydrogens is 769 g/mol. The predicted molar refractivity (Wildman–Crippen MR) is 231 cm³/mol. The van der Waals surface area contributed by atoms with Gasteiger partial charge in [0, 0.05) is 94.9 Å². The summed E-state index contributed by atoms with van der Waals surface area (Å²) >= 11 is 6.12. The molecule has 0 unspecified atom stereocenters. The number of rotatable bonds is 8. The number of fused-ring (bicyclic) bond motifs is 4. The van der Waals surface area contributed by atoms with E-state index in [1.807, 2.05) is 43.0 Å². The van der Waals surface area contributed by atoms with Crippen LogP contribution in [-0.4, -0.2) is 82.7 Å². The molecule has 6 heterocycles. The Hall–Kier alpha value is -6.24. The Balaban J connectivity index is 0.000000164. The first-order valence-electron chi connectivity index (χ1n) is 19.9. The van der Waals surface area contributed by atoms with Gasteiger partial charge in [0.05, 0.1) is 22.3 Å². The summed E-state index contributed by atoms with van der Waals surface area (Å²) in [7, 11) is 0. The van der Waals surface area contributed by atoms with Crippen molar-refractivity contribution in [3.63, 3.8) is 0 Å². The third-order valence-electron chi connectivity index (χ3n) is 11.6. The van der Waals surface area contributed by atoms with E-state index in [-0.39, 0.29) is 29.4 Å². The zero-order valence-electron chi connectivity index (χ0n) is 33.4. The molecule has 11 nitrogen and oxygen atoms in total. The average molecular weight is 814 g/mol. The number of nitrogens with one attached hydrogen (secondary N) is 5. The number of halogens is 2. The normalized spacial score (nSPS) is 16.7. The summed E-state index contributed by atoms with van der Waals surface area (Å²) in [5.74, 6) is -0.802. The highest BCUT2D eigenvalue weighted by atomic mass is 35.5. The third-order valence-corrected chi connectivity index (χ3v) is 11.8. The van der Waals surface area contributed by atoms with Gasteiger partial charge in [0.1, 0.15) is 5.82 Å². The van der Waals surface area contributed by atoms with E-state index in [1.165, 1.54) is 12.1 Å². The fourth-order valence-corrected chi connectivity index (χ4v) is 8.58. The molecule has 2 aromatic heterocycles. The van der Waals surface area contributed by atoms with Gasteiger partial charge < -0.3 is 35.7 Å². The monoisotopic (exact) mass is 813 g/mol. The molecule has 5 aromatic rings. The van der Waals surface area contributed by atoms with E-state index in [0.717, 1.165) is 84.2 Å². The minimum atomic E-state index is -0.360. The lowest BCUT2D eigenvalue weighted by atomic mass is 9.95. The standard InChI is InChI=1S/C24H30N4O2.C22H15ClFN3O2/c1-5-27(6-2)12-13-28-11-10-19-22(24(28)30)16(4)20(25-19)14-17-21-15(3)8-7-9-18(21)26-23(17)29;23-12-3-6-16-14(9-12)15(21(28)27-16)10-18-19(11-1-4-13(24)5-2-11)20-17(26-18)7-8-25-22(20)29/h7-9,14,25H,5-6,10-13H2,1-4H3,(H,26,29);1-6,9-10,26H,7-8H2,(H,25,29)(H,27,28)/b17-14-;15-10-. The molecular formula is C46H45ClFN7O4. The molecule has 4 amide bonds. The predicted octanol–water partition coefficient (Wildman–Crippen LogP) is 7.72. The van der Waals surface area contributed by atoms with Crippen molar-refractivity contribution in [2.45, 2.75) is 40.5 Å². The summed E-state index contributed by atoms with van der Waals surface area (Å²) in [5, 5.41) is 9.14. The summed E-state index contributed by atoms with van der Waals surface area (Å²) in [4.78, 5) is 61.9. The van der Waals surface area contributed by atoms with Gasteiger partial charge in [0.25, 0.3) is 23.6 Å². The van der Waals surface area contributed by atoms with Gasteiger partial charge in [0.15, 0.2) is 0 Å². The Kier molecular flexibility index (Phi) is 10.9. The second-order valence-corrected chi connectivity index (χ2v) is 15.5. The molecule has 0 radical (unpaired) electrons. The lowest BCUT2D eigenvalue weighted by Crippen LogP contribution is -2.42. The molecule has 4 aliphatic heterocycles. The van der Waals surface area contributed by atoms with Crippen LogP contribution in [-0.2, 0) is 22.4 Å². The second kappa shape index (κ2) is 16.2. The van der Waals surface area contributed by atoms with Crippen molar-refractivity contribution in [3.05, 3.63) is 128 Å². The number of nitrogens with zero attached hydrogens (tertiary/aromatic N) is 2. The number of likely N-dealkylation sites (N-methyl/N-ethyl adjacent to an activating group) is 1. The van der Waals surface area contributed by atoms with Gasteiger partial charge >= 0.3 is 0 Å². The minimum absolute atomic E-state index is 0.0919. The number of hydrogen-bond acceptors (Lipinski definition) is 5. The summed E-state index contributed by atoms with van der Waals surface area (Å²) in [6.07, 6.45) is 5.08. The number of carbonyl (C=O) groups is 4. The van der Waals surface area contributed by atoms with Crippen molar-refractivity contribution in [2.24, 2.45) is 0 Å². The van der Waals surface area contributed by atoms with Gasteiger partial charge in [-0.1, -0.05) is 49.7 Å². The topological polar surface area (TPSA) is 142 Å². The third kappa shape index (κ3) is 7.50. The maximum atomic E-state index is 13.5. The highest BCUT2D eigenvalue weighted by molar-refractivity contribution is 6.37. The highest BCUT2D eigenvalue weighted by Gasteiger charge is 2.32. The summed E-state index contributed by atoms with van der Waals surface area (Å²) in [6.45, 7) is 13.2. The van der Waals surface area contributed by atoms with Crippen molar-refractivity contribution in [2.75, 3.05) is 49.9 Å². The first-order valence-corrected chi connectivity index (χ1v) is 20.3. The Bertz CT molecular complexity index is 2600. The van der Waals surface area contributed by atoms with Gasteiger partial charge in [-0.2, -0.15) is 0 Å². The Morgan fingerprint density at radius 3 is 2.22 bits per heavy atom. The number of anilines is 2. The van der Waals surface area contributed by atoms with Crippen LogP contribution in [0.2, 0.25) is 5.02 Å². The number of amides is 4. The molecule has 0 fully saturated rings. The molecule has 13 heteroatoms. The van der Waals surface area contributed by atoms with E-state index in [2.05, 4.69) is 44.7 Å². The van der Waals surface area contributed by atoms with Gasteiger partial charge in [-0.3, -0.25) is 19.2 Å². The van der Waals surface area contributed by atoms with Crippen LogP contribution in [0.4, 0.5) is 15.8 Å². The molecule has 59 heavy (non-hydrogen) atoms. The lowest BCUT2D eigenvalue weighted by molar-refractivity contribution is -0.111. The molecule has 0 bridgehead atoms. The maximum Gasteiger partial charge on any atom is 0.256 e. The minimum Gasteiger partial charge on any atom is -0.358 e. The molecule has 0 saturated carbocycles. The van der Waals surface area contributed by atoms with Crippen LogP contribution in [0.15, 0.2) is 60.7 Å². The van der Waals surface area contributed by atoms with Gasteiger partial charge in [-0.15, -0.1) is 0 Å². The molecule has 5 N–H and O–H groups in total. The SMILES string of the molecule is CCN(CC)CCN1CCc2[nH]c(/C=C3\C(=O)Nc4cccc(C)c43)c(C)c2C1=O.O=C1Nc2ccc(Cl)cc2/C1=C/c1[nH]c2c(c1-c1ccc(F)cc1)C(=O)NCC2. The number of aromatic amines is 2. The quantitative estimate of drug-likeness (QED) is 0.102. The maximum absolute atomic E-state index is 13.5. The largest absolute Gasteiger partial charge is 0.358 e. The number of carbonyl (C=O) groups excluding carboxylic acids is 4. The molecule has 302 valence electrons. The molecule has 0 aliphatic carbocycles. The molecule has 3 aromatic carbocycles. The molecule has 0 saturated heterocycles. The number of aromatic nitrogens is 2. The second-order valence-electron chi connectivity index (χ2n) is 15.1. The van der Waals surface area contributed by atoms with E-state index in [1.54, 1.807) is 36.4 Å². The van der Waals surface area contributed by atoms with Crippen molar-refractivity contribution in [1.82, 2.24) is 25.1 Å². The molecule has 0 atom stereocenters. The molecule has 9 rings (SSSR count). The van der Waals surface area contributed by atoms with Gasteiger partial charge in [-0.25, -0.2) is 4.39 Å². The lowest BCUT2D eigenvalue weighted by Gasteiger charge is -2.29.